The van der Waals surface area contributed by atoms with E-state index in [1.165, 1.54) is 4.88 Å². The van der Waals surface area contributed by atoms with Gasteiger partial charge in [0.1, 0.15) is 0 Å². The number of likely N-dealkylation sites (tertiary alicyclic amines) is 1. The largest absolute Gasteiger partial charge is 0.504 e. The number of hydrogen-bond donors (Lipinski definition) is 2. The third-order valence-corrected chi connectivity index (χ3v) is 6.90. The van der Waals surface area contributed by atoms with E-state index in [0.717, 1.165) is 44.5 Å². The molecule has 4 rings (SSSR count). The van der Waals surface area contributed by atoms with Crippen LogP contribution in [0.2, 0.25) is 0 Å². The normalized spacial score (nSPS) is 21.1. The second-order valence-electron chi connectivity index (χ2n) is 7.70. The summed E-state index contributed by atoms with van der Waals surface area (Å²) in [6.45, 7) is 3.47. The quantitative estimate of drug-likeness (QED) is 0.799. The highest BCUT2D eigenvalue weighted by atomic mass is 32.1. The van der Waals surface area contributed by atoms with Crippen molar-refractivity contribution in [1.29, 1.82) is 0 Å². The Hall–Kier alpha value is -2.05. The highest BCUT2D eigenvalue weighted by Crippen LogP contribution is 2.59. The highest BCUT2D eigenvalue weighted by molar-refractivity contribution is 7.09. The molecule has 2 aromatic rings. The molecule has 1 amide bonds. The van der Waals surface area contributed by atoms with Crippen molar-refractivity contribution in [3.63, 3.8) is 0 Å². The smallest absolute Gasteiger partial charge is 0.223 e. The standard InChI is InChI=1S/C21H26N2O3S/c1-26-19-5-4-15(11-18(19)24)14-23-8-6-21(7-9-23)12-17(21)20(25)22-13-16-3-2-10-27-16/h2-5,10-11,17,24H,6-9,12-14H2,1H3,(H,22,25). The third kappa shape index (κ3) is 3.96. The lowest BCUT2D eigenvalue weighted by molar-refractivity contribution is -0.123. The van der Waals surface area contributed by atoms with Crippen molar-refractivity contribution >= 4 is 17.2 Å². The number of carbonyl (C=O) groups excluding carboxylic acids is 1. The van der Waals surface area contributed by atoms with Crippen LogP contribution in [0.3, 0.4) is 0 Å². The van der Waals surface area contributed by atoms with E-state index in [1.807, 2.05) is 23.6 Å². The number of ether oxygens (including phenoxy) is 1. The van der Waals surface area contributed by atoms with Crippen LogP contribution in [0.25, 0.3) is 0 Å². The van der Waals surface area contributed by atoms with Gasteiger partial charge < -0.3 is 15.2 Å². The molecule has 1 saturated heterocycles. The number of benzene rings is 1. The van der Waals surface area contributed by atoms with Crippen LogP contribution in [0, 0.1) is 11.3 Å². The molecular formula is C21H26N2O3S. The first-order chi connectivity index (χ1) is 13.1. The maximum atomic E-state index is 12.5. The fraction of sp³-hybridized carbons (Fsp3) is 0.476. The summed E-state index contributed by atoms with van der Waals surface area (Å²) >= 11 is 1.68. The van der Waals surface area contributed by atoms with Gasteiger partial charge in [0.2, 0.25) is 5.91 Å². The Labute approximate surface area is 164 Å². The number of piperidine rings is 1. The summed E-state index contributed by atoms with van der Waals surface area (Å²) in [6, 6.07) is 9.67. The van der Waals surface area contributed by atoms with E-state index in [-0.39, 0.29) is 23.0 Å². The number of methoxy groups -OCH3 is 1. The third-order valence-electron chi connectivity index (χ3n) is 6.02. The molecule has 27 heavy (non-hydrogen) atoms. The number of hydrogen-bond acceptors (Lipinski definition) is 5. The zero-order valence-electron chi connectivity index (χ0n) is 15.6. The van der Waals surface area contributed by atoms with E-state index in [4.69, 9.17) is 4.74 Å². The van der Waals surface area contributed by atoms with E-state index in [0.29, 0.717) is 12.3 Å². The van der Waals surface area contributed by atoms with Gasteiger partial charge in [0.05, 0.1) is 13.7 Å². The molecule has 1 aliphatic carbocycles. The molecule has 144 valence electrons. The fourth-order valence-corrected chi connectivity index (χ4v) is 4.87. The summed E-state index contributed by atoms with van der Waals surface area (Å²) < 4.78 is 5.10. The van der Waals surface area contributed by atoms with E-state index in [1.54, 1.807) is 24.5 Å². The molecular weight excluding hydrogens is 360 g/mol. The van der Waals surface area contributed by atoms with Gasteiger partial charge in [0.25, 0.3) is 0 Å². The van der Waals surface area contributed by atoms with Gasteiger partial charge in [-0.15, -0.1) is 11.3 Å². The zero-order chi connectivity index (χ0) is 18.9. The van der Waals surface area contributed by atoms with Gasteiger partial charge in [-0.2, -0.15) is 0 Å². The molecule has 1 aliphatic heterocycles. The Bertz CT molecular complexity index is 798. The van der Waals surface area contributed by atoms with Gasteiger partial charge in [0, 0.05) is 17.3 Å². The van der Waals surface area contributed by atoms with E-state index in [2.05, 4.69) is 16.3 Å². The molecule has 1 spiro atoms. The lowest BCUT2D eigenvalue weighted by Crippen LogP contribution is -2.36. The van der Waals surface area contributed by atoms with Crippen LogP contribution in [0.15, 0.2) is 35.7 Å². The van der Waals surface area contributed by atoms with Gasteiger partial charge in [-0.25, -0.2) is 0 Å². The maximum absolute atomic E-state index is 12.5. The molecule has 0 radical (unpaired) electrons. The number of nitrogens with one attached hydrogen (secondary N) is 1. The second-order valence-corrected chi connectivity index (χ2v) is 8.73. The van der Waals surface area contributed by atoms with Gasteiger partial charge in [-0.1, -0.05) is 12.1 Å². The lowest BCUT2D eigenvalue weighted by atomic mass is 9.90. The zero-order valence-corrected chi connectivity index (χ0v) is 16.4. The monoisotopic (exact) mass is 386 g/mol. The van der Waals surface area contributed by atoms with Crippen LogP contribution in [0.5, 0.6) is 11.5 Å². The molecule has 1 aromatic heterocycles. The highest BCUT2D eigenvalue weighted by Gasteiger charge is 2.58. The van der Waals surface area contributed by atoms with E-state index in [9.17, 15) is 9.90 Å². The Morgan fingerprint density at radius 3 is 2.85 bits per heavy atom. The van der Waals surface area contributed by atoms with Crippen molar-refractivity contribution in [2.75, 3.05) is 20.2 Å². The van der Waals surface area contributed by atoms with Crippen molar-refractivity contribution < 1.29 is 14.6 Å². The number of thiophene rings is 1. The Morgan fingerprint density at radius 1 is 1.37 bits per heavy atom. The summed E-state index contributed by atoms with van der Waals surface area (Å²) in [5, 5.41) is 15.1. The van der Waals surface area contributed by atoms with Crippen LogP contribution in [0.1, 0.15) is 29.7 Å². The number of carbonyl (C=O) groups is 1. The predicted octanol–water partition coefficient (Wildman–Crippen LogP) is 3.38. The lowest BCUT2D eigenvalue weighted by Gasteiger charge is -2.32. The molecule has 2 fully saturated rings. The van der Waals surface area contributed by atoms with Crippen LogP contribution in [-0.2, 0) is 17.9 Å². The van der Waals surface area contributed by atoms with Crippen molar-refractivity contribution in [3.05, 3.63) is 46.2 Å². The Balaban J connectivity index is 1.25. The van der Waals surface area contributed by atoms with Crippen LogP contribution < -0.4 is 10.1 Å². The average Bonchev–Trinajstić information content (AvgIpc) is 3.11. The number of phenolic OH excluding ortho intramolecular Hbond substituents is 1. The topological polar surface area (TPSA) is 61.8 Å². The number of rotatable bonds is 6. The second kappa shape index (κ2) is 7.52. The fourth-order valence-electron chi connectivity index (χ4n) is 4.23. The molecule has 1 aromatic carbocycles. The number of phenols is 1. The van der Waals surface area contributed by atoms with Crippen molar-refractivity contribution in [2.24, 2.45) is 11.3 Å². The minimum absolute atomic E-state index is 0.185. The van der Waals surface area contributed by atoms with Crippen LogP contribution >= 0.6 is 11.3 Å². The molecule has 0 bridgehead atoms. The molecule has 2 N–H and O–H groups in total. The molecule has 5 nitrogen and oxygen atoms in total. The molecule has 1 unspecified atom stereocenters. The van der Waals surface area contributed by atoms with Crippen LogP contribution in [-0.4, -0.2) is 36.1 Å². The van der Waals surface area contributed by atoms with E-state index >= 15 is 0 Å². The van der Waals surface area contributed by atoms with Gasteiger partial charge in [0.15, 0.2) is 11.5 Å². The Morgan fingerprint density at radius 2 is 2.19 bits per heavy atom. The first-order valence-electron chi connectivity index (χ1n) is 9.48. The molecule has 1 atom stereocenters. The predicted molar refractivity (Wildman–Crippen MR) is 106 cm³/mol. The van der Waals surface area contributed by atoms with Gasteiger partial charge in [-0.3, -0.25) is 9.69 Å². The number of aromatic hydroxyl groups is 1. The number of amides is 1. The summed E-state index contributed by atoms with van der Waals surface area (Å²) in [6.07, 6.45) is 3.18. The van der Waals surface area contributed by atoms with Gasteiger partial charge in [-0.05, 0) is 66.9 Å². The maximum Gasteiger partial charge on any atom is 0.223 e. The van der Waals surface area contributed by atoms with Crippen molar-refractivity contribution in [1.82, 2.24) is 10.2 Å². The van der Waals surface area contributed by atoms with Crippen molar-refractivity contribution in [2.45, 2.75) is 32.4 Å². The Kier molecular flexibility index (Phi) is 5.10. The minimum atomic E-state index is 0.185. The van der Waals surface area contributed by atoms with Crippen molar-refractivity contribution in [3.8, 4) is 11.5 Å². The molecule has 6 heteroatoms. The van der Waals surface area contributed by atoms with E-state index < -0.39 is 0 Å². The summed E-state index contributed by atoms with van der Waals surface area (Å²) in [4.78, 5) is 16.1. The first-order valence-corrected chi connectivity index (χ1v) is 10.4. The summed E-state index contributed by atoms with van der Waals surface area (Å²) in [5.74, 6) is 1.10. The summed E-state index contributed by atoms with van der Waals surface area (Å²) in [5.41, 5.74) is 1.31. The molecule has 1 saturated carbocycles. The van der Waals surface area contributed by atoms with Crippen LogP contribution in [0.4, 0.5) is 0 Å². The van der Waals surface area contributed by atoms with Gasteiger partial charge >= 0.3 is 0 Å². The molecule has 2 aliphatic rings. The summed E-state index contributed by atoms with van der Waals surface area (Å²) in [7, 11) is 1.56. The molecule has 2 heterocycles. The minimum Gasteiger partial charge on any atom is -0.504 e. The average molecular weight is 387 g/mol. The number of nitrogens with zero attached hydrogens (tertiary/aromatic N) is 1. The SMILES string of the molecule is COc1ccc(CN2CCC3(CC2)CC3C(=O)NCc2cccs2)cc1O. The first kappa shape index (κ1) is 18.3.